The van der Waals surface area contributed by atoms with Crippen LogP contribution in [-0.2, 0) is 4.74 Å². The van der Waals surface area contributed by atoms with Crippen LogP contribution in [0.25, 0.3) is 0 Å². The minimum Gasteiger partial charge on any atom is -0.381 e. The van der Waals surface area contributed by atoms with Gasteiger partial charge in [-0.2, -0.15) is 0 Å². The molecule has 4 nitrogen and oxygen atoms in total. The van der Waals surface area contributed by atoms with Crippen molar-refractivity contribution in [3.05, 3.63) is 0 Å². The summed E-state index contributed by atoms with van der Waals surface area (Å²) in [7, 11) is 3.98. The van der Waals surface area contributed by atoms with Gasteiger partial charge in [0.15, 0.2) is 5.96 Å². The molecule has 2 aliphatic carbocycles. The number of nitrogens with zero attached hydrogens (tertiary/aromatic N) is 2. The van der Waals surface area contributed by atoms with Crippen molar-refractivity contribution in [2.24, 2.45) is 10.4 Å². The normalized spacial score (nSPS) is 34.9. The van der Waals surface area contributed by atoms with Gasteiger partial charge in [0, 0.05) is 38.7 Å². The zero-order valence-corrected chi connectivity index (χ0v) is 10.9. The van der Waals surface area contributed by atoms with Gasteiger partial charge < -0.3 is 15.0 Å². The van der Waals surface area contributed by atoms with E-state index in [0.29, 0.717) is 17.6 Å². The first-order valence-corrected chi connectivity index (χ1v) is 6.81. The topological polar surface area (TPSA) is 36.9 Å². The lowest BCUT2D eigenvalue weighted by Gasteiger charge is -2.61. The molecule has 2 fully saturated rings. The fourth-order valence-corrected chi connectivity index (χ4v) is 3.57. The van der Waals surface area contributed by atoms with E-state index in [1.165, 1.54) is 25.7 Å². The van der Waals surface area contributed by atoms with Gasteiger partial charge in [0.05, 0.1) is 6.10 Å². The molecule has 0 radical (unpaired) electrons. The van der Waals surface area contributed by atoms with Crippen molar-refractivity contribution in [1.82, 2.24) is 10.2 Å². The van der Waals surface area contributed by atoms with Crippen LogP contribution in [-0.4, -0.2) is 50.3 Å². The van der Waals surface area contributed by atoms with Crippen molar-refractivity contribution in [2.75, 3.05) is 27.2 Å². The molecule has 1 N–H and O–H groups in total. The van der Waals surface area contributed by atoms with Crippen molar-refractivity contribution >= 4 is 5.96 Å². The Kier molecular flexibility index (Phi) is 2.77. The zero-order chi connectivity index (χ0) is 11.9. The number of nitrogens with one attached hydrogen (secondary N) is 1. The molecule has 4 heteroatoms. The van der Waals surface area contributed by atoms with Crippen LogP contribution in [0.15, 0.2) is 4.99 Å². The second-order valence-electron chi connectivity index (χ2n) is 5.72. The number of hydrogen-bond donors (Lipinski definition) is 1. The van der Waals surface area contributed by atoms with E-state index < -0.39 is 0 Å². The third kappa shape index (κ3) is 1.65. The molecule has 0 bridgehead atoms. The van der Waals surface area contributed by atoms with E-state index in [-0.39, 0.29) is 0 Å². The number of ether oxygens (including phenoxy) is 1. The highest BCUT2D eigenvalue weighted by molar-refractivity contribution is 5.80. The number of aliphatic imine (C=N–C) groups is 1. The van der Waals surface area contributed by atoms with E-state index in [4.69, 9.17) is 4.74 Å². The van der Waals surface area contributed by atoms with E-state index in [0.717, 1.165) is 25.5 Å². The minimum absolute atomic E-state index is 0.426. The number of rotatable bonds is 2. The van der Waals surface area contributed by atoms with Gasteiger partial charge in [-0.15, -0.1) is 0 Å². The van der Waals surface area contributed by atoms with Crippen LogP contribution in [0, 0.1) is 5.41 Å². The van der Waals surface area contributed by atoms with E-state index in [1.807, 2.05) is 7.11 Å². The maximum absolute atomic E-state index is 5.60. The summed E-state index contributed by atoms with van der Waals surface area (Å²) in [5.41, 5.74) is 0.426. The molecule has 2 atom stereocenters. The highest BCUT2D eigenvalue weighted by Crippen LogP contribution is 2.57. The highest BCUT2D eigenvalue weighted by atomic mass is 16.5. The summed E-state index contributed by atoms with van der Waals surface area (Å²) in [6.07, 6.45) is 6.80. The fourth-order valence-electron chi connectivity index (χ4n) is 3.57. The SMILES string of the molecule is COC1CC(NC2=NCCCN2C)C12CCC2. The van der Waals surface area contributed by atoms with Gasteiger partial charge in [0.25, 0.3) is 0 Å². The van der Waals surface area contributed by atoms with Crippen molar-refractivity contribution in [3.63, 3.8) is 0 Å². The Morgan fingerprint density at radius 2 is 2.24 bits per heavy atom. The van der Waals surface area contributed by atoms with E-state index in [9.17, 15) is 0 Å². The number of methoxy groups -OCH3 is 1. The lowest BCUT2D eigenvalue weighted by molar-refractivity contribution is -0.157. The molecular formula is C13H23N3O. The Morgan fingerprint density at radius 3 is 2.82 bits per heavy atom. The molecule has 1 aliphatic heterocycles. The summed E-state index contributed by atoms with van der Waals surface area (Å²) in [6, 6.07) is 0.584. The Bertz CT molecular complexity index is 325. The van der Waals surface area contributed by atoms with Crippen molar-refractivity contribution in [2.45, 2.75) is 44.2 Å². The Hall–Kier alpha value is -0.770. The summed E-state index contributed by atoms with van der Waals surface area (Å²) >= 11 is 0. The summed E-state index contributed by atoms with van der Waals surface area (Å²) in [5.74, 6) is 1.10. The highest BCUT2D eigenvalue weighted by Gasteiger charge is 2.59. The summed E-state index contributed by atoms with van der Waals surface area (Å²) in [5, 5.41) is 3.66. The van der Waals surface area contributed by atoms with Crippen LogP contribution in [0.3, 0.4) is 0 Å². The number of hydrogen-bond acceptors (Lipinski definition) is 4. The van der Waals surface area contributed by atoms with Crippen LogP contribution in [0.1, 0.15) is 32.1 Å². The lowest BCUT2D eigenvalue weighted by atomic mass is 9.51. The molecule has 3 rings (SSSR count). The van der Waals surface area contributed by atoms with Gasteiger partial charge in [0.1, 0.15) is 0 Å². The molecule has 0 saturated heterocycles. The Morgan fingerprint density at radius 1 is 1.41 bits per heavy atom. The van der Waals surface area contributed by atoms with Crippen LogP contribution in [0.2, 0.25) is 0 Å². The van der Waals surface area contributed by atoms with Crippen molar-refractivity contribution in [1.29, 1.82) is 0 Å². The Labute approximate surface area is 103 Å². The summed E-state index contributed by atoms with van der Waals surface area (Å²) < 4.78 is 5.60. The van der Waals surface area contributed by atoms with Gasteiger partial charge in [-0.25, -0.2) is 0 Å². The molecule has 2 saturated carbocycles. The average molecular weight is 237 g/mol. The molecule has 0 amide bonds. The standard InChI is InChI=1S/C13H23N3O/c1-16-8-4-7-14-12(16)15-10-9-11(17-2)13(10)5-3-6-13/h10-11H,3-9H2,1-2H3,(H,14,15). The number of guanidine groups is 1. The molecule has 96 valence electrons. The largest absolute Gasteiger partial charge is 0.381 e. The van der Waals surface area contributed by atoms with Crippen LogP contribution >= 0.6 is 0 Å². The monoisotopic (exact) mass is 237 g/mol. The average Bonchev–Trinajstić information content (AvgIpc) is 2.23. The van der Waals surface area contributed by atoms with Crippen LogP contribution in [0.4, 0.5) is 0 Å². The molecule has 0 aromatic carbocycles. The Balaban J connectivity index is 1.65. The maximum Gasteiger partial charge on any atom is 0.193 e. The second kappa shape index (κ2) is 4.16. The third-order valence-electron chi connectivity index (χ3n) is 4.93. The lowest BCUT2D eigenvalue weighted by Crippen LogP contribution is -2.68. The summed E-state index contributed by atoms with van der Waals surface area (Å²) in [4.78, 5) is 6.84. The van der Waals surface area contributed by atoms with E-state index in [2.05, 4.69) is 22.3 Å². The van der Waals surface area contributed by atoms with E-state index in [1.54, 1.807) is 0 Å². The quantitative estimate of drug-likeness (QED) is 0.784. The summed E-state index contributed by atoms with van der Waals surface area (Å²) in [6.45, 7) is 2.10. The van der Waals surface area contributed by atoms with Gasteiger partial charge in [-0.3, -0.25) is 4.99 Å². The first-order valence-electron chi connectivity index (χ1n) is 6.81. The first kappa shape index (κ1) is 11.3. The smallest absolute Gasteiger partial charge is 0.193 e. The van der Waals surface area contributed by atoms with Crippen molar-refractivity contribution < 1.29 is 4.74 Å². The molecule has 3 aliphatic rings. The molecule has 0 aromatic heterocycles. The third-order valence-corrected chi connectivity index (χ3v) is 4.93. The van der Waals surface area contributed by atoms with Crippen LogP contribution < -0.4 is 5.32 Å². The molecule has 17 heavy (non-hydrogen) atoms. The van der Waals surface area contributed by atoms with E-state index >= 15 is 0 Å². The van der Waals surface area contributed by atoms with Crippen LogP contribution in [0.5, 0.6) is 0 Å². The van der Waals surface area contributed by atoms with Gasteiger partial charge in [-0.05, 0) is 25.7 Å². The maximum atomic E-state index is 5.60. The molecule has 1 spiro atoms. The zero-order valence-electron chi connectivity index (χ0n) is 10.9. The minimum atomic E-state index is 0.426. The molecule has 1 heterocycles. The molecular weight excluding hydrogens is 214 g/mol. The predicted octanol–water partition coefficient (Wildman–Crippen LogP) is 1.23. The molecule has 2 unspecified atom stereocenters. The predicted molar refractivity (Wildman–Crippen MR) is 68.2 cm³/mol. The van der Waals surface area contributed by atoms with Gasteiger partial charge in [0.2, 0.25) is 0 Å². The van der Waals surface area contributed by atoms with Crippen molar-refractivity contribution in [3.8, 4) is 0 Å². The fraction of sp³-hybridized carbons (Fsp3) is 0.923. The molecule has 0 aromatic rings. The van der Waals surface area contributed by atoms with Gasteiger partial charge >= 0.3 is 0 Å². The second-order valence-corrected chi connectivity index (χ2v) is 5.72. The van der Waals surface area contributed by atoms with Gasteiger partial charge in [-0.1, -0.05) is 6.42 Å². The first-order chi connectivity index (χ1) is 8.26.